The zero-order valence-corrected chi connectivity index (χ0v) is 7.19. The molecule has 0 amide bonds. The fraction of sp³-hybridized carbons (Fsp3) is 1.00. The monoisotopic (exact) mass is 160 g/mol. The minimum absolute atomic E-state index is 0.0150. The Morgan fingerprint density at radius 3 is 2.00 bits per heavy atom. The minimum atomic E-state index is -0.735. The molecule has 1 fully saturated rings. The van der Waals surface area contributed by atoms with Gasteiger partial charge >= 0.3 is 0 Å². The lowest BCUT2D eigenvalue weighted by Crippen LogP contribution is -2.51. The highest BCUT2D eigenvalue weighted by Crippen LogP contribution is 2.24. The first-order chi connectivity index (χ1) is 5.04. The van der Waals surface area contributed by atoms with Crippen molar-refractivity contribution < 1.29 is 14.9 Å². The maximum atomic E-state index is 9.46. The van der Waals surface area contributed by atoms with Crippen molar-refractivity contribution in [3.63, 3.8) is 0 Å². The fourth-order valence-corrected chi connectivity index (χ4v) is 1.41. The van der Waals surface area contributed by atoms with Gasteiger partial charge in [0.1, 0.15) is 6.10 Å². The molecule has 5 atom stereocenters. The normalized spacial score (nSPS) is 52.6. The van der Waals surface area contributed by atoms with E-state index in [1.54, 1.807) is 6.92 Å². The van der Waals surface area contributed by atoms with Gasteiger partial charge in [0.15, 0.2) is 0 Å². The highest BCUT2D eigenvalue weighted by Gasteiger charge is 2.37. The van der Waals surface area contributed by atoms with Gasteiger partial charge in [-0.2, -0.15) is 0 Å². The van der Waals surface area contributed by atoms with Crippen molar-refractivity contribution in [2.24, 2.45) is 5.92 Å². The van der Waals surface area contributed by atoms with E-state index < -0.39 is 12.2 Å². The number of hydrogen-bond donors (Lipinski definition) is 2. The number of ether oxygens (including phenoxy) is 1. The maximum Gasteiger partial charge on any atom is 0.106 e. The van der Waals surface area contributed by atoms with Crippen LogP contribution in [0.3, 0.4) is 0 Å². The van der Waals surface area contributed by atoms with Gasteiger partial charge in [0.05, 0.1) is 18.3 Å². The Balaban J connectivity index is 2.63. The summed E-state index contributed by atoms with van der Waals surface area (Å²) in [5.41, 5.74) is 0. The highest BCUT2D eigenvalue weighted by atomic mass is 16.5. The summed E-state index contributed by atoms with van der Waals surface area (Å²) in [5.74, 6) is 0.0150. The average molecular weight is 160 g/mol. The van der Waals surface area contributed by atoms with E-state index in [-0.39, 0.29) is 18.1 Å². The molecule has 0 aromatic rings. The van der Waals surface area contributed by atoms with Gasteiger partial charge in [-0.25, -0.2) is 0 Å². The third kappa shape index (κ3) is 1.55. The van der Waals surface area contributed by atoms with Crippen LogP contribution in [0.5, 0.6) is 0 Å². The lowest BCUT2D eigenvalue weighted by atomic mass is 9.89. The molecule has 11 heavy (non-hydrogen) atoms. The van der Waals surface area contributed by atoms with Crippen LogP contribution in [0.2, 0.25) is 0 Å². The largest absolute Gasteiger partial charge is 0.390 e. The van der Waals surface area contributed by atoms with Crippen LogP contribution in [0.1, 0.15) is 20.8 Å². The molecule has 0 aromatic carbocycles. The highest BCUT2D eigenvalue weighted by molar-refractivity contribution is 4.86. The Morgan fingerprint density at radius 2 is 1.45 bits per heavy atom. The molecular formula is C8H16O3. The Labute approximate surface area is 67.0 Å². The second-order valence-corrected chi connectivity index (χ2v) is 3.39. The first-order valence-corrected chi connectivity index (χ1v) is 4.05. The van der Waals surface area contributed by atoms with Crippen LogP contribution in [0, 0.1) is 5.92 Å². The summed E-state index contributed by atoms with van der Waals surface area (Å²) in [7, 11) is 0. The first kappa shape index (κ1) is 8.97. The topological polar surface area (TPSA) is 49.7 Å². The minimum Gasteiger partial charge on any atom is -0.390 e. The molecule has 0 saturated carbocycles. The SMILES string of the molecule is CC1O[C@@H](C)C(C)C(O)[C@H]1O. The zero-order valence-electron chi connectivity index (χ0n) is 7.19. The third-order valence-corrected chi connectivity index (χ3v) is 2.54. The van der Waals surface area contributed by atoms with E-state index in [4.69, 9.17) is 4.74 Å². The molecule has 3 heteroatoms. The van der Waals surface area contributed by atoms with E-state index >= 15 is 0 Å². The van der Waals surface area contributed by atoms with Crippen LogP contribution >= 0.6 is 0 Å². The molecule has 0 aromatic heterocycles. The van der Waals surface area contributed by atoms with E-state index in [0.717, 1.165) is 0 Å². The second-order valence-electron chi connectivity index (χ2n) is 3.39. The van der Waals surface area contributed by atoms with Gasteiger partial charge < -0.3 is 14.9 Å². The summed E-state index contributed by atoms with van der Waals surface area (Å²) in [5, 5.41) is 18.8. The van der Waals surface area contributed by atoms with Gasteiger partial charge in [-0.3, -0.25) is 0 Å². The van der Waals surface area contributed by atoms with Gasteiger partial charge in [0.2, 0.25) is 0 Å². The summed E-state index contributed by atoms with van der Waals surface area (Å²) >= 11 is 0. The fourth-order valence-electron chi connectivity index (χ4n) is 1.41. The molecule has 1 aliphatic heterocycles. The van der Waals surface area contributed by atoms with Crippen molar-refractivity contribution >= 4 is 0 Å². The van der Waals surface area contributed by atoms with E-state index in [1.165, 1.54) is 0 Å². The Kier molecular flexibility index (Phi) is 2.52. The van der Waals surface area contributed by atoms with E-state index in [2.05, 4.69) is 0 Å². The number of aliphatic hydroxyl groups is 2. The van der Waals surface area contributed by atoms with Gasteiger partial charge in [-0.1, -0.05) is 6.92 Å². The van der Waals surface area contributed by atoms with Gasteiger partial charge in [-0.05, 0) is 13.8 Å². The molecular weight excluding hydrogens is 144 g/mol. The molecule has 0 spiro atoms. The quantitative estimate of drug-likeness (QED) is 0.530. The van der Waals surface area contributed by atoms with Crippen LogP contribution in [0.25, 0.3) is 0 Å². The summed E-state index contributed by atoms with van der Waals surface area (Å²) in [6.45, 7) is 5.57. The van der Waals surface area contributed by atoms with Gasteiger partial charge in [0.25, 0.3) is 0 Å². The van der Waals surface area contributed by atoms with Crippen molar-refractivity contribution in [2.75, 3.05) is 0 Å². The number of aliphatic hydroxyl groups excluding tert-OH is 2. The van der Waals surface area contributed by atoms with Crippen molar-refractivity contribution in [3.8, 4) is 0 Å². The van der Waals surface area contributed by atoms with Crippen LogP contribution in [0.4, 0.5) is 0 Å². The average Bonchev–Trinajstić information content (AvgIpc) is 1.97. The number of rotatable bonds is 0. The lowest BCUT2D eigenvalue weighted by Gasteiger charge is -2.38. The van der Waals surface area contributed by atoms with Gasteiger partial charge in [-0.15, -0.1) is 0 Å². The molecule has 66 valence electrons. The van der Waals surface area contributed by atoms with E-state index in [1.807, 2.05) is 13.8 Å². The summed E-state index contributed by atoms with van der Waals surface area (Å²) in [4.78, 5) is 0. The van der Waals surface area contributed by atoms with E-state index in [9.17, 15) is 10.2 Å². The molecule has 0 aliphatic carbocycles. The predicted octanol–water partition coefficient (Wildman–Crippen LogP) is 0.152. The Morgan fingerprint density at radius 1 is 0.909 bits per heavy atom. The molecule has 0 bridgehead atoms. The van der Waals surface area contributed by atoms with E-state index in [0.29, 0.717) is 0 Å². The molecule has 3 unspecified atom stereocenters. The third-order valence-electron chi connectivity index (χ3n) is 2.54. The lowest BCUT2D eigenvalue weighted by molar-refractivity contribution is -0.184. The van der Waals surface area contributed by atoms with Crippen molar-refractivity contribution in [1.29, 1.82) is 0 Å². The molecule has 0 radical (unpaired) electrons. The van der Waals surface area contributed by atoms with Gasteiger partial charge in [0, 0.05) is 5.92 Å². The molecule has 3 nitrogen and oxygen atoms in total. The molecule has 1 saturated heterocycles. The van der Waals surface area contributed by atoms with Crippen LogP contribution in [-0.2, 0) is 4.74 Å². The predicted molar refractivity (Wildman–Crippen MR) is 41.2 cm³/mol. The summed E-state index contributed by atoms with van der Waals surface area (Å²) < 4.78 is 5.37. The van der Waals surface area contributed by atoms with Crippen molar-refractivity contribution in [3.05, 3.63) is 0 Å². The first-order valence-electron chi connectivity index (χ1n) is 4.05. The maximum absolute atomic E-state index is 9.46. The molecule has 1 heterocycles. The molecule has 1 rings (SSSR count). The van der Waals surface area contributed by atoms with Crippen LogP contribution in [-0.4, -0.2) is 34.6 Å². The zero-order chi connectivity index (χ0) is 8.59. The van der Waals surface area contributed by atoms with Crippen LogP contribution < -0.4 is 0 Å². The molecule has 2 N–H and O–H groups in total. The van der Waals surface area contributed by atoms with Crippen LogP contribution in [0.15, 0.2) is 0 Å². The smallest absolute Gasteiger partial charge is 0.106 e. The summed E-state index contributed by atoms with van der Waals surface area (Å²) in [6, 6.07) is 0. The second kappa shape index (κ2) is 3.09. The number of hydrogen-bond acceptors (Lipinski definition) is 3. The Bertz CT molecular complexity index is 123. The standard InChI is InChI=1S/C8H16O3/c1-4-5(2)11-6(3)8(10)7(4)9/h4-10H,1-3H3/t4?,5-,6?,7?,8-/m0/s1. The van der Waals surface area contributed by atoms with Crippen molar-refractivity contribution in [1.82, 2.24) is 0 Å². The van der Waals surface area contributed by atoms with Crippen molar-refractivity contribution in [2.45, 2.75) is 45.2 Å². The molecule has 1 aliphatic rings. The Hall–Kier alpha value is -0.120. The summed E-state index contributed by atoms with van der Waals surface area (Å²) in [6.07, 6.45) is -1.60.